The van der Waals surface area contributed by atoms with Crippen molar-refractivity contribution in [3.8, 4) is 0 Å². The number of aryl methyl sites for hydroxylation is 1. The molecule has 13 heavy (non-hydrogen) atoms. The van der Waals surface area contributed by atoms with Crippen LogP contribution in [0.15, 0.2) is 17.1 Å². The van der Waals surface area contributed by atoms with E-state index in [1.165, 1.54) is 4.52 Å². The van der Waals surface area contributed by atoms with Crippen LogP contribution in [0.2, 0.25) is 0 Å². The molecule has 2 aromatic heterocycles. The first-order valence-electron chi connectivity index (χ1n) is 4.29. The fourth-order valence-electron chi connectivity index (χ4n) is 1.43. The minimum Gasteiger partial charge on any atom is -0.297 e. The number of aromatic nitrogens is 3. The van der Waals surface area contributed by atoms with Crippen LogP contribution >= 0.6 is 0 Å². The molecule has 0 atom stereocenters. The number of nitrogens with one attached hydrogen (secondary N) is 1. The zero-order valence-corrected chi connectivity index (χ0v) is 7.66. The maximum Gasteiger partial charge on any atom is 0.275 e. The van der Waals surface area contributed by atoms with E-state index in [1.54, 1.807) is 19.2 Å². The molecule has 1 N–H and O–H groups in total. The van der Waals surface area contributed by atoms with Gasteiger partial charge in [-0.05, 0) is 13.3 Å². The van der Waals surface area contributed by atoms with Crippen molar-refractivity contribution in [1.29, 1.82) is 0 Å². The summed E-state index contributed by atoms with van der Waals surface area (Å²) in [6.45, 7) is 3.80. The van der Waals surface area contributed by atoms with Gasteiger partial charge in [0, 0.05) is 17.8 Å². The summed E-state index contributed by atoms with van der Waals surface area (Å²) in [5.41, 5.74) is 2.28. The molecule has 0 unspecified atom stereocenters. The number of nitrogens with zero attached hydrogens (tertiary/aromatic N) is 2. The third kappa shape index (κ3) is 1.06. The highest BCUT2D eigenvalue weighted by Crippen LogP contribution is 2.02. The number of aromatic amines is 1. The van der Waals surface area contributed by atoms with E-state index >= 15 is 0 Å². The molecule has 0 amide bonds. The Balaban J connectivity index is 2.92. The van der Waals surface area contributed by atoms with E-state index in [-0.39, 0.29) is 5.56 Å². The minimum atomic E-state index is -0.00755. The second-order valence-electron chi connectivity index (χ2n) is 3.00. The molecule has 4 heteroatoms. The van der Waals surface area contributed by atoms with Crippen LogP contribution in [0.1, 0.15) is 18.2 Å². The molecule has 2 heterocycles. The van der Waals surface area contributed by atoms with Gasteiger partial charge in [-0.1, -0.05) is 6.92 Å². The fraction of sp³-hybridized carbons (Fsp3) is 0.333. The van der Waals surface area contributed by atoms with E-state index in [1.807, 2.05) is 6.92 Å². The molecule has 0 aliphatic heterocycles. The van der Waals surface area contributed by atoms with E-state index in [4.69, 9.17) is 0 Å². The largest absolute Gasteiger partial charge is 0.297 e. The van der Waals surface area contributed by atoms with E-state index in [0.29, 0.717) is 5.65 Å². The maximum absolute atomic E-state index is 11.7. The highest BCUT2D eigenvalue weighted by Gasteiger charge is 2.06. The average Bonchev–Trinajstić information content (AvgIpc) is 2.59. The zero-order chi connectivity index (χ0) is 9.42. The van der Waals surface area contributed by atoms with Crippen LogP contribution in [0.3, 0.4) is 0 Å². The Labute approximate surface area is 75.2 Å². The smallest absolute Gasteiger partial charge is 0.275 e. The van der Waals surface area contributed by atoms with Crippen molar-refractivity contribution >= 4 is 5.65 Å². The number of fused-ring (bicyclic) bond motifs is 1. The van der Waals surface area contributed by atoms with Crippen molar-refractivity contribution in [2.75, 3.05) is 0 Å². The molecule has 2 aromatic rings. The van der Waals surface area contributed by atoms with Gasteiger partial charge >= 0.3 is 0 Å². The van der Waals surface area contributed by atoms with Gasteiger partial charge in [-0.15, -0.1) is 0 Å². The molecule has 0 aliphatic carbocycles. The first-order chi connectivity index (χ1) is 6.24. The lowest BCUT2D eigenvalue weighted by Gasteiger charge is -2.01. The van der Waals surface area contributed by atoms with Crippen molar-refractivity contribution in [2.24, 2.45) is 0 Å². The predicted molar refractivity (Wildman–Crippen MR) is 49.9 cm³/mol. The summed E-state index contributed by atoms with van der Waals surface area (Å²) in [6, 6.07) is 1.79. The first-order valence-corrected chi connectivity index (χ1v) is 4.29. The molecular weight excluding hydrogens is 166 g/mol. The molecule has 0 saturated heterocycles. The van der Waals surface area contributed by atoms with Crippen LogP contribution in [0.25, 0.3) is 5.65 Å². The summed E-state index contributed by atoms with van der Waals surface area (Å²) in [5, 5.41) is 2.82. The van der Waals surface area contributed by atoms with Gasteiger partial charge in [0.1, 0.15) is 0 Å². The first kappa shape index (κ1) is 8.04. The van der Waals surface area contributed by atoms with E-state index < -0.39 is 0 Å². The number of hydrogen-bond acceptors (Lipinski definition) is 2. The highest BCUT2D eigenvalue weighted by molar-refractivity contribution is 5.38. The lowest BCUT2D eigenvalue weighted by Crippen LogP contribution is -2.20. The summed E-state index contributed by atoms with van der Waals surface area (Å²) < 4.78 is 1.45. The summed E-state index contributed by atoms with van der Waals surface area (Å²) in [5.74, 6) is 0. The lowest BCUT2D eigenvalue weighted by molar-refractivity contribution is 0.857. The van der Waals surface area contributed by atoms with Crippen LogP contribution in [-0.2, 0) is 6.42 Å². The predicted octanol–water partition coefficient (Wildman–Crippen LogP) is 0.893. The topological polar surface area (TPSA) is 50.2 Å². The third-order valence-corrected chi connectivity index (χ3v) is 2.21. The minimum absolute atomic E-state index is 0.00755. The van der Waals surface area contributed by atoms with Crippen molar-refractivity contribution < 1.29 is 0 Å². The number of H-pyrrole nitrogens is 1. The third-order valence-electron chi connectivity index (χ3n) is 2.21. The fourth-order valence-corrected chi connectivity index (χ4v) is 1.43. The van der Waals surface area contributed by atoms with Gasteiger partial charge in [-0.3, -0.25) is 9.89 Å². The summed E-state index contributed by atoms with van der Waals surface area (Å²) >= 11 is 0. The Bertz CT molecular complexity index is 495. The van der Waals surface area contributed by atoms with Crippen LogP contribution < -0.4 is 5.56 Å². The van der Waals surface area contributed by atoms with Crippen molar-refractivity contribution in [3.63, 3.8) is 0 Å². The molecule has 0 spiro atoms. The second kappa shape index (κ2) is 2.73. The molecule has 0 saturated carbocycles. The Kier molecular flexibility index (Phi) is 1.69. The van der Waals surface area contributed by atoms with Crippen LogP contribution in [0.4, 0.5) is 0 Å². The molecule has 0 bridgehead atoms. The molecule has 68 valence electrons. The lowest BCUT2D eigenvalue weighted by atomic mass is 10.2. The van der Waals surface area contributed by atoms with E-state index in [2.05, 4.69) is 10.1 Å². The Morgan fingerprint density at radius 1 is 1.62 bits per heavy atom. The summed E-state index contributed by atoms with van der Waals surface area (Å²) in [4.78, 5) is 16.0. The number of rotatable bonds is 1. The normalized spacial score (nSPS) is 10.9. The van der Waals surface area contributed by atoms with Crippen molar-refractivity contribution in [2.45, 2.75) is 20.3 Å². The molecule has 0 aromatic carbocycles. The second-order valence-corrected chi connectivity index (χ2v) is 3.00. The molecular formula is C9H11N3O. The summed E-state index contributed by atoms with van der Waals surface area (Å²) in [6.07, 6.45) is 2.51. The van der Waals surface area contributed by atoms with Gasteiger partial charge in [-0.2, -0.15) is 0 Å². The van der Waals surface area contributed by atoms with Gasteiger partial charge in [-0.25, -0.2) is 9.50 Å². The van der Waals surface area contributed by atoms with E-state index in [9.17, 15) is 4.79 Å². The Morgan fingerprint density at radius 3 is 3.08 bits per heavy atom. The molecule has 0 radical (unpaired) electrons. The molecule has 2 rings (SSSR count). The van der Waals surface area contributed by atoms with Gasteiger partial charge < -0.3 is 0 Å². The quantitative estimate of drug-likeness (QED) is 0.703. The summed E-state index contributed by atoms with van der Waals surface area (Å²) in [7, 11) is 0. The highest BCUT2D eigenvalue weighted by atomic mass is 16.1. The van der Waals surface area contributed by atoms with Crippen molar-refractivity contribution in [1.82, 2.24) is 14.6 Å². The van der Waals surface area contributed by atoms with E-state index in [0.717, 1.165) is 17.7 Å². The van der Waals surface area contributed by atoms with Gasteiger partial charge in [0.15, 0.2) is 5.65 Å². The van der Waals surface area contributed by atoms with Gasteiger partial charge in [0.2, 0.25) is 0 Å². The molecule has 0 aliphatic rings. The zero-order valence-electron chi connectivity index (χ0n) is 7.66. The van der Waals surface area contributed by atoms with Gasteiger partial charge in [0.05, 0.1) is 5.69 Å². The standard InChI is InChI=1S/C9H11N3O/c1-3-7-6(2)9(13)12-8(11-7)4-5-10-12/h4-5,10H,3H2,1-2H3. The molecule has 4 nitrogen and oxygen atoms in total. The van der Waals surface area contributed by atoms with Gasteiger partial charge in [0.25, 0.3) is 5.56 Å². The Morgan fingerprint density at radius 2 is 2.38 bits per heavy atom. The van der Waals surface area contributed by atoms with Crippen LogP contribution in [0, 0.1) is 6.92 Å². The van der Waals surface area contributed by atoms with Crippen LogP contribution in [-0.4, -0.2) is 14.6 Å². The SMILES string of the molecule is CCc1nc2cc[nH]n2c(=O)c1C. The monoisotopic (exact) mass is 177 g/mol. The van der Waals surface area contributed by atoms with Crippen molar-refractivity contribution in [3.05, 3.63) is 33.9 Å². The Hall–Kier alpha value is -1.58. The number of hydrogen-bond donors (Lipinski definition) is 1. The maximum atomic E-state index is 11.7. The van der Waals surface area contributed by atoms with Crippen LogP contribution in [0.5, 0.6) is 0 Å². The molecule has 0 fully saturated rings. The average molecular weight is 177 g/mol.